The molecule has 7 heteroatoms. The number of benzene rings is 1. The lowest BCUT2D eigenvalue weighted by Crippen LogP contribution is -2.44. The molecule has 0 aliphatic carbocycles. The van der Waals surface area contributed by atoms with Gasteiger partial charge in [0, 0.05) is 41.8 Å². The summed E-state index contributed by atoms with van der Waals surface area (Å²) in [5.41, 5.74) is 6.87. The third kappa shape index (κ3) is 5.51. The Morgan fingerprint density at radius 3 is 2.68 bits per heavy atom. The first-order valence-electron chi connectivity index (χ1n) is 7.04. The van der Waals surface area contributed by atoms with Crippen molar-refractivity contribution in [1.82, 2.24) is 5.32 Å². The molecule has 3 unspecified atom stereocenters. The van der Waals surface area contributed by atoms with E-state index in [2.05, 4.69) is 10.2 Å². The van der Waals surface area contributed by atoms with Crippen LogP contribution in [0.3, 0.4) is 0 Å². The Morgan fingerprint density at radius 2 is 2.09 bits per heavy atom. The Hall–Kier alpha value is -0.680. The van der Waals surface area contributed by atoms with Crippen molar-refractivity contribution in [2.75, 3.05) is 18.0 Å². The van der Waals surface area contributed by atoms with Crippen molar-refractivity contribution in [3.8, 4) is 0 Å². The van der Waals surface area contributed by atoms with Crippen molar-refractivity contribution in [1.29, 1.82) is 0 Å². The maximum Gasteiger partial charge on any atom is 0.224 e. The van der Waals surface area contributed by atoms with E-state index in [9.17, 15) is 4.79 Å². The van der Waals surface area contributed by atoms with Gasteiger partial charge >= 0.3 is 0 Å². The van der Waals surface area contributed by atoms with E-state index in [1.54, 1.807) is 0 Å². The predicted molar refractivity (Wildman–Crippen MR) is 97.5 cm³/mol. The summed E-state index contributed by atoms with van der Waals surface area (Å²) >= 11 is 6.01. The van der Waals surface area contributed by atoms with Crippen molar-refractivity contribution in [2.24, 2.45) is 11.7 Å². The van der Waals surface area contributed by atoms with E-state index in [-0.39, 0.29) is 48.7 Å². The summed E-state index contributed by atoms with van der Waals surface area (Å²) in [7, 11) is 0. The molecule has 0 radical (unpaired) electrons. The molecule has 1 aliphatic rings. The van der Waals surface area contributed by atoms with E-state index in [1.165, 1.54) is 0 Å². The van der Waals surface area contributed by atoms with Gasteiger partial charge in [-0.3, -0.25) is 4.79 Å². The zero-order chi connectivity index (χ0) is 14.7. The maximum absolute atomic E-state index is 12.0. The molecule has 3 atom stereocenters. The van der Waals surface area contributed by atoms with Crippen LogP contribution in [-0.2, 0) is 4.79 Å². The van der Waals surface area contributed by atoms with E-state index in [0.29, 0.717) is 0 Å². The monoisotopic (exact) mass is 367 g/mol. The lowest BCUT2D eigenvalue weighted by molar-refractivity contribution is -0.125. The van der Waals surface area contributed by atoms with Crippen LogP contribution in [-0.4, -0.2) is 31.1 Å². The second kappa shape index (κ2) is 9.46. The minimum atomic E-state index is -0.157. The van der Waals surface area contributed by atoms with Gasteiger partial charge in [-0.2, -0.15) is 0 Å². The van der Waals surface area contributed by atoms with Gasteiger partial charge in [0.1, 0.15) is 0 Å². The van der Waals surface area contributed by atoms with Crippen molar-refractivity contribution in [3.63, 3.8) is 0 Å². The molecule has 1 fully saturated rings. The van der Waals surface area contributed by atoms with E-state index in [1.807, 2.05) is 38.1 Å². The smallest absolute Gasteiger partial charge is 0.224 e. The number of nitrogens with two attached hydrogens (primary N) is 1. The van der Waals surface area contributed by atoms with Crippen LogP contribution in [0.4, 0.5) is 5.69 Å². The number of carbonyl (C=O) groups excluding carboxylic acids is 1. The molecule has 1 amide bonds. The number of rotatable bonds is 4. The van der Waals surface area contributed by atoms with Gasteiger partial charge in [0.05, 0.1) is 0 Å². The van der Waals surface area contributed by atoms with Gasteiger partial charge in [-0.15, -0.1) is 24.8 Å². The Bertz CT molecular complexity index is 485. The SMILES string of the molecule is CC(N)C(C)C(=O)NC1CCN(c2cccc(Cl)c2)C1.Cl.Cl. The van der Waals surface area contributed by atoms with Crippen LogP contribution in [0, 0.1) is 5.92 Å². The number of hydrogen-bond donors (Lipinski definition) is 2. The summed E-state index contributed by atoms with van der Waals surface area (Å²) in [6, 6.07) is 7.87. The first-order chi connectivity index (χ1) is 9.47. The molecule has 1 aliphatic heterocycles. The average molecular weight is 369 g/mol. The molecule has 1 saturated heterocycles. The van der Waals surface area contributed by atoms with Gasteiger partial charge in [-0.05, 0) is 31.5 Å². The molecule has 3 N–H and O–H groups in total. The number of amides is 1. The molecule has 1 heterocycles. The van der Waals surface area contributed by atoms with E-state index < -0.39 is 0 Å². The van der Waals surface area contributed by atoms with Crippen LogP contribution >= 0.6 is 36.4 Å². The summed E-state index contributed by atoms with van der Waals surface area (Å²) < 4.78 is 0. The van der Waals surface area contributed by atoms with E-state index >= 15 is 0 Å². The van der Waals surface area contributed by atoms with E-state index in [4.69, 9.17) is 17.3 Å². The Morgan fingerprint density at radius 1 is 1.41 bits per heavy atom. The van der Waals surface area contributed by atoms with Gasteiger partial charge in [0.15, 0.2) is 0 Å². The summed E-state index contributed by atoms with van der Waals surface area (Å²) in [6.45, 7) is 5.47. The van der Waals surface area contributed by atoms with Gasteiger partial charge < -0.3 is 16.0 Å². The minimum absolute atomic E-state index is 0. The second-order valence-corrected chi connectivity index (χ2v) is 6.00. The highest BCUT2D eigenvalue weighted by atomic mass is 35.5. The van der Waals surface area contributed by atoms with E-state index in [0.717, 1.165) is 30.2 Å². The Balaban J connectivity index is 0.00000220. The Labute approximate surface area is 149 Å². The molecule has 1 aromatic rings. The van der Waals surface area contributed by atoms with Crippen LogP contribution in [0.25, 0.3) is 0 Å². The lowest BCUT2D eigenvalue weighted by Gasteiger charge is -2.21. The quantitative estimate of drug-likeness (QED) is 0.859. The summed E-state index contributed by atoms with van der Waals surface area (Å²) in [5, 5.41) is 3.82. The number of nitrogens with zero attached hydrogens (tertiary/aromatic N) is 1. The third-order valence-corrected chi connectivity index (χ3v) is 4.15. The number of hydrogen-bond acceptors (Lipinski definition) is 3. The highest BCUT2D eigenvalue weighted by Gasteiger charge is 2.26. The minimum Gasteiger partial charge on any atom is -0.369 e. The predicted octanol–water partition coefficient (Wildman–Crippen LogP) is 2.86. The first-order valence-corrected chi connectivity index (χ1v) is 7.41. The lowest BCUT2D eigenvalue weighted by atomic mass is 10.0. The number of nitrogens with one attached hydrogen (secondary N) is 1. The molecule has 0 spiro atoms. The molecular weight excluding hydrogens is 345 g/mol. The van der Waals surface area contributed by atoms with Crippen LogP contribution in [0.2, 0.25) is 5.02 Å². The molecule has 1 aromatic carbocycles. The van der Waals surface area contributed by atoms with Gasteiger partial charge in [-0.1, -0.05) is 24.6 Å². The second-order valence-electron chi connectivity index (χ2n) is 5.57. The molecule has 4 nitrogen and oxygen atoms in total. The molecule has 0 aromatic heterocycles. The zero-order valence-corrected chi connectivity index (χ0v) is 15.2. The molecule has 126 valence electrons. The molecular formula is C15H24Cl3N3O. The van der Waals surface area contributed by atoms with Gasteiger partial charge in [0.25, 0.3) is 0 Å². The molecule has 22 heavy (non-hydrogen) atoms. The third-order valence-electron chi connectivity index (χ3n) is 3.91. The van der Waals surface area contributed by atoms with Crippen LogP contribution in [0.15, 0.2) is 24.3 Å². The van der Waals surface area contributed by atoms with Crippen molar-refractivity contribution < 1.29 is 4.79 Å². The number of carbonyl (C=O) groups is 1. The highest BCUT2D eigenvalue weighted by Crippen LogP contribution is 2.23. The fraction of sp³-hybridized carbons (Fsp3) is 0.533. The molecule has 2 rings (SSSR count). The van der Waals surface area contributed by atoms with Crippen LogP contribution in [0.5, 0.6) is 0 Å². The van der Waals surface area contributed by atoms with Gasteiger partial charge in [-0.25, -0.2) is 0 Å². The topological polar surface area (TPSA) is 58.4 Å². The molecule has 0 saturated carbocycles. The first kappa shape index (κ1) is 21.3. The normalized spacial score (nSPS) is 19.6. The van der Waals surface area contributed by atoms with Crippen LogP contribution < -0.4 is 16.0 Å². The number of halogens is 3. The zero-order valence-electron chi connectivity index (χ0n) is 12.8. The maximum atomic E-state index is 12.0. The highest BCUT2D eigenvalue weighted by molar-refractivity contribution is 6.30. The standard InChI is InChI=1S/C15H22ClN3O.2ClH/c1-10(11(2)17)15(20)18-13-6-7-19(9-13)14-5-3-4-12(16)8-14;;/h3-5,8,10-11,13H,6-7,9,17H2,1-2H3,(H,18,20);2*1H. The van der Waals surface area contributed by atoms with Crippen LogP contribution in [0.1, 0.15) is 20.3 Å². The summed E-state index contributed by atoms with van der Waals surface area (Å²) in [4.78, 5) is 14.3. The van der Waals surface area contributed by atoms with Crippen molar-refractivity contribution in [2.45, 2.75) is 32.4 Å². The summed E-state index contributed by atoms with van der Waals surface area (Å²) in [5.74, 6) is -0.117. The molecule has 0 bridgehead atoms. The largest absolute Gasteiger partial charge is 0.369 e. The Kier molecular flexibility index (Phi) is 9.16. The number of anilines is 1. The van der Waals surface area contributed by atoms with Crippen molar-refractivity contribution >= 4 is 48.0 Å². The fourth-order valence-electron chi connectivity index (χ4n) is 2.36. The fourth-order valence-corrected chi connectivity index (χ4v) is 2.54. The average Bonchev–Trinajstić information content (AvgIpc) is 2.86. The van der Waals surface area contributed by atoms with Gasteiger partial charge in [0.2, 0.25) is 5.91 Å². The van der Waals surface area contributed by atoms with Crippen molar-refractivity contribution in [3.05, 3.63) is 29.3 Å². The summed E-state index contributed by atoms with van der Waals surface area (Å²) in [6.07, 6.45) is 0.948.